The van der Waals surface area contributed by atoms with E-state index in [2.05, 4.69) is 31.8 Å². The van der Waals surface area contributed by atoms with Crippen LogP contribution < -0.4 is 20.2 Å². The van der Waals surface area contributed by atoms with Gasteiger partial charge in [0.2, 0.25) is 0 Å². The Kier molecular flexibility index (Phi) is 7.65. The van der Waals surface area contributed by atoms with Crippen LogP contribution >= 0.6 is 28.1 Å². The van der Waals surface area contributed by atoms with Crippen LogP contribution in [-0.4, -0.2) is 36.8 Å². The SMILES string of the molecule is COc1cc(/C=N/NC(=S)Nc2ccccc2)c(Br)cc1OCCO. The summed E-state index contributed by atoms with van der Waals surface area (Å²) in [6.07, 6.45) is 1.61. The molecule has 0 fully saturated rings. The molecule has 132 valence electrons. The third-order valence-electron chi connectivity index (χ3n) is 3.03. The van der Waals surface area contributed by atoms with Gasteiger partial charge in [-0.3, -0.25) is 5.43 Å². The zero-order valence-electron chi connectivity index (χ0n) is 13.5. The molecule has 0 radical (unpaired) electrons. The number of halogens is 1. The van der Waals surface area contributed by atoms with E-state index in [0.717, 1.165) is 15.7 Å². The van der Waals surface area contributed by atoms with Crippen molar-refractivity contribution in [2.75, 3.05) is 25.6 Å². The highest BCUT2D eigenvalue weighted by molar-refractivity contribution is 9.10. The maximum Gasteiger partial charge on any atom is 0.191 e. The molecule has 25 heavy (non-hydrogen) atoms. The fourth-order valence-corrected chi connectivity index (χ4v) is 2.51. The van der Waals surface area contributed by atoms with Crippen molar-refractivity contribution in [3.05, 3.63) is 52.5 Å². The average Bonchev–Trinajstić information content (AvgIpc) is 2.62. The first kappa shape index (κ1) is 19.2. The minimum Gasteiger partial charge on any atom is -0.493 e. The Morgan fingerprint density at radius 2 is 2.04 bits per heavy atom. The molecule has 0 bridgehead atoms. The number of aliphatic hydroxyl groups excluding tert-OH is 1. The highest BCUT2D eigenvalue weighted by Gasteiger charge is 2.09. The summed E-state index contributed by atoms with van der Waals surface area (Å²) < 4.78 is 11.5. The van der Waals surface area contributed by atoms with E-state index in [9.17, 15) is 0 Å². The summed E-state index contributed by atoms with van der Waals surface area (Å²) in [5.74, 6) is 1.08. The number of rotatable bonds is 7. The number of anilines is 1. The van der Waals surface area contributed by atoms with Crippen LogP contribution in [0.3, 0.4) is 0 Å². The Morgan fingerprint density at radius 3 is 2.72 bits per heavy atom. The Morgan fingerprint density at radius 1 is 1.28 bits per heavy atom. The first-order valence-corrected chi connectivity index (χ1v) is 8.60. The van der Waals surface area contributed by atoms with Crippen molar-refractivity contribution >= 4 is 45.2 Å². The lowest BCUT2D eigenvalue weighted by atomic mass is 10.2. The van der Waals surface area contributed by atoms with Crippen LogP contribution in [0.1, 0.15) is 5.56 Å². The molecule has 0 amide bonds. The van der Waals surface area contributed by atoms with Crippen LogP contribution in [0.2, 0.25) is 0 Å². The average molecular weight is 424 g/mol. The molecule has 2 aromatic carbocycles. The Balaban J connectivity index is 2.01. The van der Waals surface area contributed by atoms with Gasteiger partial charge in [0.15, 0.2) is 16.6 Å². The Bertz CT molecular complexity index is 741. The molecule has 0 heterocycles. The second-order valence-corrected chi connectivity index (χ2v) is 6.05. The molecule has 6 nitrogen and oxygen atoms in total. The summed E-state index contributed by atoms with van der Waals surface area (Å²) in [6, 6.07) is 13.1. The van der Waals surface area contributed by atoms with Gasteiger partial charge in [0.05, 0.1) is 19.9 Å². The number of benzene rings is 2. The molecule has 0 aliphatic heterocycles. The molecule has 0 unspecified atom stereocenters. The molecule has 0 saturated heterocycles. The van der Waals surface area contributed by atoms with Crippen LogP contribution in [0.4, 0.5) is 5.69 Å². The molecule has 2 aromatic rings. The molecule has 0 aromatic heterocycles. The number of hydrazone groups is 1. The summed E-state index contributed by atoms with van der Waals surface area (Å²) in [4.78, 5) is 0. The quantitative estimate of drug-likeness (QED) is 0.360. The number of thiocarbonyl (C=S) groups is 1. The van der Waals surface area contributed by atoms with E-state index in [-0.39, 0.29) is 13.2 Å². The summed E-state index contributed by atoms with van der Waals surface area (Å²) in [7, 11) is 1.55. The molecular formula is C17H18BrN3O3S. The van der Waals surface area contributed by atoms with Crippen molar-refractivity contribution in [1.29, 1.82) is 0 Å². The first-order valence-electron chi connectivity index (χ1n) is 7.40. The number of nitrogens with zero attached hydrogens (tertiary/aromatic N) is 1. The van der Waals surface area contributed by atoms with E-state index >= 15 is 0 Å². The zero-order valence-corrected chi connectivity index (χ0v) is 15.9. The maximum absolute atomic E-state index is 8.86. The van der Waals surface area contributed by atoms with Crippen molar-refractivity contribution in [2.24, 2.45) is 5.10 Å². The predicted octanol–water partition coefficient (Wildman–Crippen LogP) is 3.15. The van der Waals surface area contributed by atoms with Gasteiger partial charge in [-0.1, -0.05) is 18.2 Å². The van der Waals surface area contributed by atoms with Crippen LogP contribution in [0, 0.1) is 0 Å². The van der Waals surface area contributed by atoms with Crippen LogP contribution in [-0.2, 0) is 0 Å². The van der Waals surface area contributed by atoms with Crippen molar-refractivity contribution < 1.29 is 14.6 Å². The molecule has 0 saturated carbocycles. The molecule has 0 atom stereocenters. The first-order chi connectivity index (χ1) is 12.1. The van der Waals surface area contributed by atoms with Gasteiger partial charge in [-0.05, 0) is 52.4 Å². The van der Waals surface area contributed by atoms with Gasteiger partial charge in [0, 0.05) is 15.7 Å². The Hall–Kier alpha value is -2.16. The lowest BCUT2D eigenvalue weighted by Gasteiger charge is -2.12. The number of para-hydroxylation sites is 1. The molecule has 8 heteroatoms. The van der Waals surface area contributed by atoms with E-state index in [0.29, 0.717) is 16.6 Å². The highest BCUT2D eigenvalue weighted by atomic mass is 79.9. The molecule has 2 rings (SSSR count). The molecule has 0 spiro atoms. The maximum atomic E-state index is 8.86. The number of hydrogen-bond acceptors (Lipinski definition) is 5. The number of ether oxygens (including phenoxy) is 2. The van der Waals surface area contributed by atoms with Gasteiger partial charge in [0.25, 0.3) is 0 Å². The van der Waals surface area contributed by atoms with Crippen LogP contribution in [0.5, 0.6) is 11.5 Å². The fraction of sp³-hybridized carbons (Fsp3) is 0.176. The normalized spacial score (nSPS) is 10.5. The third-order valence-corrected chi connectivity index (χ3v) is 3.91. The third kappa shape index (κ3) is 6.00. The van der Waals surface area contributed by atoms with Crippen molar-refractivity contribution in [1.82, 2.24) is 5.43 Å². The topological polar surface area (TPSA) is 75.1 Å². The monoisotopic (exact) mass is 423 g/mol. The van der Waals surface area contributed by atoms with E-state index in [1.165, 1.54) is 0 Å². The van der Waals surface area contributed by atoms with E-state index < -0.39 is 0 Å². The summed E-state index contributed by atoms with van der Waals surface area (Å²) in [5, 5.41) is 16.4. The van der Waals surface area contributed by atoms with Gasteiger partial charge >= 0.3 is 0 Å². The van der Waals surface area contributed by atoms with Gasteiger partial charge in [-0.15, -0.1) is 0 Å². The highest BCUT2D eigenvalue weighted by Crippen LogP contribution is 2.32. The summed E-state index contributed by atoms with van der Waals surface area (Å²) >= 11 is 8.64. The molecule has 3 N–H and O–H groups in total. The predicted molar refractivity (Wildman–Crippen MR) is 107 cm³/mol. The standard InChI is InChI=1S/C17H18BrN3O3S/c1-23-15-9-12(14(18)10-16(15)24-8-7-22)11-19-21-17(25)20-13-5-3-2-4-6-13/h2-6,9-11,22H,7-8H2,1H3,(H2,20,21,25)/b19-11+. The summed E-state index contributed by atoms with van der Waals surface area (Å²) in [6.45, 7) is 0.122. The Labute approximate surface area is 160 Å². The van der Waals surface area contributed by atoms with Crippen LogP contribution in [0.15, 0.2) is 52.0 Å². The lowest BCUT2D eigenvalue weighted by Crippen LogP contribution is -2.23. The van der Waals surface area contributed by atoms with Crippen molar-refractivity contribution in [3.8, 4) is 11.5 Å². The molecular weight excluding hydrogens is 406 g/mol. The largest absolute Gasteiger partial charge is 0.493 e. The molecule has 0 aliphatic carbocycles. The van der Waals surface area contributed by atoms with Gasteiger partial charge in [-0.2, -0.15) is 5.10 Å². The van der Waals surface area contributed by atoms with Gasteiger partial charge < -0.3 is 19.9 Å². The van der Waals surface area contributed by atoms with Crippen molar-refractivity contribution in [2.45, 2.75) is 0 Å². The minimum atomic E-state index is -0.0697. The summed E-state index contributed by atoms with van der Waals surface area (Å²) in [5.41, 5.74) is 4.42. The second kappa shape index (κ2) is 9.97. The zero-order chi connectivity index (χ0) is 18.1. The smallest absolute Gasteiger partial charge is 0.191 e. The van der Waals surface area contributed by atoms with Gasteiger partial charge in [-0.25, -0.2) is 0 Å². The van der Waals surface area contributed by atoms with Crippen molar-refractivity contribution in [3.63, 3.8) is 0 Å². The van der Waals surface area contributed by atoms with E-state index in [1.807, 2.05) is 30.3 Å². The number of nitrogens with one attached hydrogen (secondary N) is 2. The number of hydrogen-bond donors (Lipinski definition) is 3. The van der Waals surface area contributed by atoms with Crippen LogP contribution in [0.25, 0.3) is 0 Å². The molecule has 0 aliphatic rings. The number of methoxy groups -OCH3 is 1. The minimum absolute atomic E-state index is 0.0697. The van der Waals surface area contributed by atoms with Gasteiger partial charge in [0.1, 0.15) is 6.61 Å². The second-order valence-electron chi connectivity index (χ2n) is 4.79. The lowest BCUT2D eigenvalue weighted by molar-refractivity contribution is 0.196. The fourth-order valence-electron chi connectivity index (χ4n) is 1.92. The van der Waals surface area contributed by atoms with E-state index in [4.69, 9.17) is 26.8 Å². The number of aliphatic hydroxyl groups is 1. The van der Waals surface area contributed by atoms with E-state index in [1.54, 1.807) is 25.5 Å².